The molecule has 12 heavy (non-hydrogen) atoms. The monoisotopic (exact) mass is 182 g/mol. The smallest absolute Gasteiger partial charge is 0.130 e. The van der Waals surface area contributed by atoms with Crippen molar-refractivity contribution in [2.75, 3.05) is 0 Å². The second kappa shape index (κ2) is 4.41. The van der Waals surface area contributed by atoms with E-state index >= 15 is 0 Å². The quantitative estimate of drug-likeness (QED) is 0.698. The summed E-state index contributed by atoms with van der Waals surface area (Å²) in [6.07, 6.45) is 1.75. The molecule has 0 amide bonds. The van der Waals surface area contributed by atoms with Gasteiger partial charge in [-0.1, -0.05) is 13.0 Å². The summed E-state index contributed by atoms with van der Waals surface area (Å²) in [5, 5.41) is 2.07. The standard InChI is InChI=1S/C10H14OS/c1-3-9(7-8(2)11)10-5-4-6-12-10/h4-6,9H,3,7H2,1-2H3/t9-/m0/s1. The van der Waals surface area contributed by atoms with Crippen molar-refractivity contribution >= 4 is 17.1 Å². The molecule has 0 radical (unpaired) electrons. The molecule has 2 heteroatoms. The second-order valence-electron chi connectivity index (χ2n) is 3.03. The molecule has 0 fully saturated rings. The van der Waals surface area contributed by atoms with E-state index in [0.29, 0.717) is 12.3 Å². The van der Waals surface area contributed by atoms with Gasteiger partial charge in [-0.25, -0.2) is 0 Å². The van der Waals surface area contributed by atoms with Gasteiger partial charge in [0.25, 0.3) is 0 Å². The van der Waals surface area contributed by atoms with Gasteiger partial charge in [-0.15, -0.1) is 11.3 Å². The van der Waals surface area contributed by atoms with E-state index < -0.39 is 0 Å². The van der Waals surface area contributed by atoms with E-state index in [4.69, 9.17) is 0 Å². The summed E-state index contributed by atoms with van der Waals surface area (Å²) in [5.74, 6) is 0.734. The lowest BCUT2D eigenvalue weighted by molar-refractivity contribution is -0.117. The van der Waals surface area contributed by atoms with E-state index in [1.807, 2.05) is 6.07 Å². The maximum absolute atomic E-state index is 10.9. The average Bonchev–Trinajstić information content (AvgIpc) is 2.51. The van der Waals surface area contributed by atoms with Crippen molar-refractivity contribution in [3.63, 3.8) is 0 Å². The van der Waals surface area contributed by atoms with Gasteiger partial charge in [-0.3, -0.25) is 0 Å². The minimum absolute atomic E-state index is 0.287. The minimum Gasteiger partial charge on any atom is -0.300 e. The highest BCUT2D eigenvalue weighted by Gasteiger charge is 2.11. The number of thiophene rings is 1. The van der Waals surface area contributed by atoms with Gasteiger partial charge in [-0.05, 0) is 30.7 Å². The topological polar surface area (TPSA) is 17.1 Å². The second-order valence-corrected chi connectivity index (χ2v) is 4.01. The highest BCUT2D eigenvalue weighted by molar-refractivity contribution is 7.10. The predicted octanol–water partition coefficient (Wildman–Crippen LogP) is 3.22. The van der Waals surface area contributed by atoms with Crippen molar-refractivity contribution in [2.45, 2.75) is 32.6 Å². The van der Waals surface area contributed by atoms with E-state index in [2.05, 4.69) is 18.4 Å². The molecule has 1 heterocycles. The summed E-state index contributed by atoms with van der Waals surface area (Å²) in [7, 11) is 0. The Morgan fingerprint density at radius 1 is 1.67 bits per heavy atom. The van der Waals surface area contributed by atoms with Gasteiger partial charge in [-0.2, -0.15) is 0 Å². The van der Waals surface area contributed by atoms with E-state index in [0.717, 1.165) is 6.42 Å². The Balaban J connectivity index is 2.63. The van der Waals surface area contributed by atoms with Crippen LogP contribution in [-0.4, -0.2) is 5.78 Å². The maximum atomic E-state index is 10.9. The minimum atomic E-state index is 0.287. The molecule has 1 aromatic rings. The molecule has 0 unspecified atom stereocenters. The first-order valence-electron chi connectivity index (χ1n) is 4.27. The van der Waals surface area contributed by atoms with Crippen LogP contribution in [0, 0.1) is 0 Å². The molecule has 0 spiro atoms. The zero-order valence-corrected chi connectivity index (χ0v) is 8.36. The van der Waals surface area contributed by atoms with Crippen molar-refractivity contribution in [3.05, 3.63) is 22.4 Å². The number of carbonyl (C=O) groups is 1. The zero-order valence-electron chi connectivity index (χ0n) is 7.54. The molecule has 0 aliphatic heterocycles. The van der Waals surface area contributed by atoms with E-state index in [9.17, 15) is 4.79 Å². The summed E-state index contributed by atoms with van der Waals surface area (Å²) < 4.78 is 0. The number of ketones is 1. The van der Waals surface area contributed by atoms with Crippen LogP contribution >= 0.6 is 11.3 Å². The molecule has 0 aliphatic rings. The van der Waals surface area contributed by atoms with Crippen LogP contribution < -0.4 is 0 Å². The number of hydrogen-bond acceptors (Lipinski definition) is 2. The van der Waals surface area contributed by atoms with Crippen LogP contribution in [0.25, 0.3) is 0 Å². The van der Waals surface area contributed by atoms with Gasteiger partial charge < -0.3 is 4.79 Å². The summed E-state index contributed by atoms with van der Waals surface area (Å²) in [4.78, 5) is 12.3. The molecule has 0 saturated heterocycles. The molecule has 0 N–H and O–H groups in total. The Morgan fingerprint density at radius 2 is 2.42 bits per heavy atom. The van der Waals surface area contributed by atoms with Crippen LogP contribution in [-0.2, 0) is 4.79 Å². The fraction of sp³-hybridized carbons (Fsp3) is 0.500. The lowest BCUT2D eigenvalue weighted by atomic mass is 9.99. The molecule has 0 aromatic carbocycles. The fourth-order valence-corrected chi connectivity index (χ4v) is 2.23. The lowest BCUT2D eigenvalue weighted by Gasteiger charge is -2.09. The summed E-state index contributed by atoms with van der Waals surface area (Å²) >= 11 is 1.75. The van der Waals surface area contributed by atoms with Gasteiger partial charge >= 0.3 is 0 Å². The molecule has 1 atom stereocenters. The van der Waals surface area contributed by atoms with Crippen LogP contribution in [0.1, 0.15) is 37.5 Å². The van der Waals surface area contributed by atoms with Gasteiger partial charge in [0.05, 0.1) is 0 Å². The zero-order chi connectivity index (χ0) is 8.97. The Bertz CT molecular complexity index is 238. The Labute approximate surface area is 77.4 Å². The third kappa shape index (κ3) is 2.45. The fourth-order valence-electron chi connectivity index (χ4n) is 1.32. The van der Waals surface area contributed by atoms with Crippen molar-refractivity contribution in [2.24, 2.45) is 0 Å². The van der Waals surface area contributed by atoms with Crippen molar-refractivity contribution in [1.29, 1.82) is 0 Å². The van der Waals surface area contributed by atoms with Crippen LogP contribution in [0.5, 0.6) is 0 Å². The molecule has 1 rings (SSSR count). The predicted molar refractivity (Wildman–Crippen MR) is 52.6 cm³/mol. The average molecular weight is 182 g/mol. The first-order valence-corrected chi connectivity index (χ1v) is 5.14. The lowest BCUT2D eigenvalue weighted by Crippen LogP contribution is -2.01. The molecule has 0 aliphatic carbocycles. The number of carbonyl (C=O) groups excluding carboxylic acids is 1. The summed E-state index contributed by atoms with van der Waals surface area (Å²) in [6.45, 7) is 3.80. The first-order chi connectivity index (χ1) is 5.74. The third-order valence-corrected chi connectivity index (χ3v) is 3.01. The Kier molecular flexibility index (Phi) is 3.48. The number of rotatable bonds is 4. The van der Waals surface area contributed by atoms with Crippen molar-refractivity contribution < 1.29 is 4.79 Å². The molecule has 0 bridgehead atoms. The van der Waals surface area contributed by atoms with E-state index in [1.54, 1.807) is 18.3 Å². The maximum Gasteiger partial charge on any atom is 0.130 e. The number of hydrogen-bond donors (Lipinski definition) is 0. The summed E-state index contributed by atoms with van der Waals surface area (Å²) in [6, 6.07) is 4.16. The van der Waals surface area contributed by atoms with Crippen LogP contribution in [0.2, 0.25) is 0 Å². The Morgan fingerprint density at radius 3 is 2.83 bits per heavy atom. The molecule has 0 saturated carbocycles. The van der Waals surface area contributed by atoms with Gasteiger partial charge in [0.2, 0.25) is 0 Å². The van der Waals surface area contributed by atoms with E-state index in [-0.39, 0.29) is 5.78 Å². The summed E-state index contributed by atoms with van der Waals surface area (Å²) in [5.41, 5.74) is 0. The molecule has 1 nitrogen and oxygen atoms in total. The third-order valence-electron chi connectivity index (χ3n) is 1.97. The molecule has 66 valence electrons. The van der Waals surface area contributed by atoms with E-state index in [1.165, 1.54) is 4.88 Å². The van der Waals surface area contributed by atoms with Gasteiger partial charge in [0.15, 0.2) is 0 Å². The highest BCUT2D eigenvalue weighted by atomic mass is 32.1. The molecule has 1 aromatic heterocycles. The van der Waals surface area contributed by atoms with Crippen molar-refractivity contribution in [3.8, 4) is 0 Å². The largest absolute Gasteiger partial charge is 0.300 e. The normalized spacial score (nSPS) is 12.8. The van der Waals surface area contributed by atoms with Crippen LogP contribution in [0.15, 0.2) is 17.5 Å². The SMILES string of the molecule is CC[C@@H](CC(C)=O)c1cccs1. The van der Waals surface area contributed by atoms with Crippen LogP contribution in [0.4, 0.5) is 0 Å². The molecular formula is C10H14OS. The van der Waals surface area contributed by atoms with Gasteiger partial charge in [0, 0.05) is 11.3 Å². The van der Waals surface area contributed by atoms with Gasteiger partial charge in [0.1, 0.15) is 5.78 Å². The van der Waals surface area contributed by atoms with Crippen molar-refractivity contribution in [1.82, 2.24) is 0 Å². The number of Topliss-reactive ketones (excluding diaryl/α,β-unsaturated/α-hetero) is 1. The molecular weight excluding hydrogens is 168 g/mol. The Hall–Kier alpha value is -0.630. The van der Waals surface area contributed by atoms with Crippen LogP contribution in [0.3, 0.4) is 0 Å². The first kappa shape index (κ1) is 9.46. The highest BCUT2D eigenvalue weighted by Crippen LogP contribution is 2.27.